The van der Waals surface area contributed by atoms with E-state index in [0.29, 0.717) is 5.75 Å². The van der Waals surface area contributed by atoms with E-state index in [0.717, 1.165) is 12.8 Å². The van der Waals surface area contributed by atoms with E-state index in [2.05, 4.69) is 21.9 Å². The molecule has 0 aliphatic heterocycles. The van der Waals surface area contributed by atoms with Crippen LogP contribution in [0.4, 0.5) is 0 Å². The van der Waals surface area contributed by atoms with Gasteiger partial charge in [-0.3, -0.25) is 4.21 Å². The molecule has 0 bridgehead atoms. The smallest absolute Gasteiger partial charge is 0.321 e. The van der Waals surface area contributed by atoms with Crippen LogP contribution < -0.4 is 4.74 Å². The predicted molar refractivity (Wildman–Crippen MR) is 94.5 cm³/mol. The van der Waals surface area contributed by atoms with Crippen molar-refractivity contribution in [1.29, 1.82) is 0 Å². The Labute approximate surface area is 147 Å². The fourth-order valence-electron chi connectivity index (χ4n) is 2.32. The molecule has 0 aliphatic carbocycles. The van der Waals surface area contributed by atoms with Crippen LogP contribution in [0.1, 0.15) is 71.1 Å². The fraction of sp³-hybridized carbons (Fsp3) is 0.812. The lowest BCUT2D eigenvalue weighted by atomic mass is 10.1. The van der Waals surface area contributed by atoms with Gasteiger partial charge in [-0.15, -0.1) is 0 Å². The summed E-state index contributed by atoms with van der Waals surface area (Å²) >= 11 is 5.76. The molecule has 1 atom stereocenters. The monoisotopic (exact) mass is 361 g/mol. The molecule has 0 amide bonds. The van der Waals surface area contributed by atoms with E-state index in [-0.39, 0.29) is 16.5 Å². The van der Waals surface area contributed by atoms with E-state index in [1.54, 1.807) is 0 Å². The minimum Gasteiger partial charge on any atom is -0.467 e. The molecule has 0 spiro atoms. The van der Waals surface area contributed by atoms with Crippen LogP contribution in [0.15, 0.2) is 5.16 Å². The molecule has 132 valence electrons. The van der Waals surface area contributed by atoms with Crippen molar-refractivity contribution in [3.63, 3.8) is 0 Å². The Morgan fingerprint density at radius 3 is 2.04 bits per heavy atom. The van der Waals surface area contributed by atoms with Gasteiger partial charge in [0.05, 0.1) is 17.9 Å². The third-order valence-electron chi connectivity index (χ3n) is 3.64. The first-order chi connectivity index (χ1) is 11.2. The van der Waals surface area contributed by atoms with Gasteiger partial charge in [-0.2, -0.15) is 15.0 Å². The average Bonchev–Trinajstić information content (AvgIpc) is 2.55. The van der Waals surface area contributed by atoms with Gasteiger partial charge in [0.25, 0.3) is 0 Å². The lowest BCUT2D eigenvalue weighted by molar-refractivity contribution is 0.372. The van der Waals surface area contributed by atoms with Gasteiger partial charge in [-0.25, -0.2) is 0 Å². The average molecular weight is 362 g/mol. The Hall–Kier alpha value is -0.750. The Balaban J connectivity index is 2.11. The predicted octanol–water partition coefficient (Wildman–Crippen LogP) is 4.56. The molecule has 5 nitrogen and oxygen atoms in total. The number of halogens is 1. The third-order valence-corrected chi connectivity index (χ3v) is 5.05. The molecule has 1 unspecified atom stereocenters. The summed E-state index contributed by atoms with van der Waals surface area (Å²) in [5.41, 5.74) is 0. The van der Waals surface area contributed by atoms with Crippen molar-refractivity contribution in [3.8, 4) is 6.01 Å². The van der Waals surface area contributed by atoms with Gasteiger partial charge in [0.2, 0.25) is 10.4 Å². The van der Waals surface area contributed by atoms with E-state index >= 15 is 0 Å². The first kappa shape index (κ1) is 20.3. The van der Waals surface area contributed by atoms with Gasteiger partial charge in [-0.05, 0) is 18.0 Å². The van der Waals surface area contributed by atoms with Gasteiger partial charge < -0.3 is 4.74 Å². The second-order valence-electron chi connectivity index (χ2n) is 5.61. The highest BCUT2D eigenvalue weighted by atomic mass is 35.5. The number of rotatable bonds is 13. The molecule has 7 heteroatoms. The molecule has 1 aromatic rings. The Morgan fingerprint density at radius 1 is 0.913 bits per heavy atom. The summed E-state index contributed by atoms with van der Waals surface area (Å²) in [7, 11) is 0.200. The fourth-order valence-corrected chi connectivity index (χ4v) is 3.54. The molecule has 0 aliphatic rings. The number of ether oxygens (including phenoxy) is 1. The lowest BCUT2D eigenvalue weighted by Gasteiger charge is -2.04. The van der Waals surface area contributed by atoms with Crippen LogP contribution in [0.3, 0.4) is 0 Å². The Morgan fingerprint density at radius 2 is 1.48 bits per heavy atom. The highest BCUT2D eigenvalue weighted by Crippen LogP contribution is 2.13. The second kappa shape index (κ2) is 12.6. The normalized spacial score (nSPS) is 12.3. The van der Waals surface area contributed by atoms with Crippen molar-refractivity contribution in [2.24, 2.45) is 0 Å². The van der Waals surface area contributed by atoms with Crippen LogP contribution in [-0.2, 0) is 10.8 Å². The van der Waals surface area contributed by atoms with Crippen molar-refractivity contribution < 1.29 is 8.95 Å². The van der Waals surface area contributed by atoms with Crippen molar-refractivity contribution in [2.75, 3.05) is 12.9 Å². The van der Waals surface area contributed by atoms with E-state index < -0.39 is 10.8 Å². The van der Waals surface area contributed by atoms with Crippen molar-refractivity contribution in [2.45, 2.75) is 76.3 Å². The topological polar surface area (TPSA) is 65.0 Å². The van der Waals surface area contributed by atoms with E-state index in [1.165, 1.54) is 58.5 Å². The van der Waals surface area contributed by atoms with Crippen molar-refractivity contribution >= 4 is 22.4 Å². The number of aromatic nitrogens is 3. The molecule has 0 saturated heterocycles. The molecular formula is C16H28ClN3O2S. The maximum atomic E-state index is 12.1. The van der Waals surface area contributed by atoms with Gasteiger partial charge in [0, 0.05) is 5.75 Å². The Bertz CT molecular complexity index is 475. The maximum Gasteiger partial charge on any atom is 0.321 e. The molecule has 23 heavy (non-hydrogen) atoms. The van der Waals surface area contributed by atoms with Gasteiger partial charge >= 0.3 is 6.01 Å². The van der Waals surface area contributed by atoms with Gasteiger partial charge in [0.15, 0.2) is 0 Å². The van der Waals surface area contributed by atoms with Gasteiger partial charge in [-0.1, -0.05) is 64.7 Å². The second-order valence-corrected chi connectivity index (χ2v) is 7.41. The third kappa shape index (κ3) is 9.20. The molecule has 1 rings (SSSR count). The standard InChI is InChI=1S/C16H28ClN3O2S/c1-3-4-5-6-7-8-9-10-11-12-13-23(21)16-19-14(17)18-15(20-16)22-2/h3-13H2,1-2H3. The lowest BCUT2D eigenvalue weighted by Crippen LogP contribution is -2.06. The summed E-state index contributed by atoms with van der Waals surface area (Å²) in [6, 6.07) is 0.108. The molecule has 0 N–H and O–H groups in total. The molecule has 0 aromatic carbocycles. The minimum absolute atomic E-state index is 0.0169. The van der Waals surface area contributed by atoms with Crippen LogP contribution in [0.25, 0.3) is 0 Å². The highest BCUT2D eigenvalue weighted by molar-refractivity contribution is 7.84. The maximum absolute atomic E-state index is 12.1. The minimum atomic E-state index is -1.24. The van der Waals surface area contributed by atoms with Crippen LogP contribution in [-0.4, -0.2) is 32.0 Å². The molecule has 0 saturated carbocycles. The van der Waals surface area contributed by atoms with Crippen LogP contribution in [0.5, 0.6) is 6.01 Å². The SMILES string of the molecule is CCCCCCCCCCCCS(=O)c1nc(Cl)nc(OC)n1. The number of methoxy groups -OCH3 is 1. The summed E-state index contributed by atoms with van der Waals surface area (Å²) in [6.07, 6.45) is 12.5. The molecule has 0 fully saturated rings. The molecule has 0 radical (unpaired) electrons. The van der Waals surface area contributed by atoms with Crippen LogP contribution in [0.2, 0.25) is 5.28 Å². The van der Waals surface area contributed by atoms with Crippen molar-refractivity contribution in [1.82, 2.24) is 15.0 Å². The number of nitrogens with zero attached hydrogens (tertiary/aromatic N) is 3. The van der Waals surface area contributed by atoms with E-state index in [4.69, 9.17) is 16.3 Å². The summed E-state index contributed by atoms with van der Waals surface area (Å²) < 4.78 is 17.1. The van der Waals surface area contributed by atoms with Crippen LogP contribution in [0, 0.1) is 0 Å². The summed E-state index contributed by atoms with van der Waals surface area (Å²) in [4.78, 5) is 11.7. The van der Waals surface area contributed by atoms with E-state index in [9.17, 15) is 4.21 Å². The first-order valence-corrected chi connectivity index (χ1v) is 10.2. The first-order valence-electron chi connectivity index (χ1n) is 8.51. The van der Waals surface area contributed by atoms with Crippen molar-refractivity contribution in [3.05, 3.63) is 5.28 Å². The van der Waals surface area contributed by atoms with E-state index in [1.807, 2.05) is 0 Å². The Kier molecular flexibility index (Phi) is 11.2. The zero-order chi connectivity index (χ0) is 16.9. The number of hydrogen-bond donors (Lipinski definition) is 0. The number of unbranched alkanes of at least 4 members (excludes halogenated alkanes) is 9. The zero-order valence-corrected chi connectivity index (χ0v) is 15.8. The van der Waals surface area contributed by atoms with Crippen LogP contribution >= 0.6 is 11.6 Å². The quantitative estimate of drug-likeness (QED) is 0.482. The summed E-state index contributed by atoms with van der Waals surface area (Å²) in [6.45, 7) is 2.24. The number of hydrogen-bond acceptors (Lipinski definition) is 5. The zero-order valence-electron chi connectivity index (χ0n) is 14.2. The molecule has 1 heterocycles. The summed E-state index contributed by atoms with van der Waals surface area (Å²) in [5.74, 6) is 0.556. The highest BCUT2D eigenvalue weighted by Gasteiger charge is 2.11. The molecular weight excluding hydrogens is 334 g/mol. The van der Waals surface area contributed by atoms with Gasteiger partial charge in [0.1, 0.15) is 0 Å². The summed E-state index contributed by atoms with van der Waals surface area (Å²) in [5, 5.41) is 0.223. The molecule has 1 aromatic heterocycles. The largest absolute Gasteiger partial charge is 0.467 e.